The first-order valence-corrected chi connectivity index (χ1v) is 6.80. The molecule has 2 unspecified atom stereocenters. The zero-order chi connectivity index (χ0) is 13.3. The zero-order valence-electron chi connectivity index (χ0n) is 10.0. The van der Waals surface area contributed by atoms with E-state index in [1.807, 2.05) is 0 Å². The summed E-state index contributed by atoms with van der Waals surface area (Å²) in [5.74, 6) is 0.569. The number of nitrogens with one attached hydrogen (secondary N) is 1. The van der Waals surface area contributed by atoms with Crippen LogP contribution in [-0.4, -0.2) is 6.04 Å². The Morgan fingerprint density at radius 1 is 1.28 bits per heavy atom. The largest absolute Gasteiger partial charge is 0.416 e. The molecule has 1 aromatic rings. The van der Waals surface area contributed by atoms with E-state index in [1.54, 1.807) is 0 Å². The average Bonchev–Trinajstić information content (AvgIpc) is 2.66. The molecule has 0 amide bonds. The molecule has 0 bridgehead atoms. The van der Waals surface area contributed by atoms with Gasteiger partial charge in [0.05, 0.1) is 5.56 Å². The Bertz CT molecular complexity index is 431. The van der Waals surface area contributed by atoms with Gasteiger partial charge in [0, 0.05) is 16.2 Å². The van der Waals surface area contributed by atoms with Crippen molar-refractivity contribution in [1.82, 2.24) is 0 Å². The first-order valence-electron chi connectivity index (χ1n) is 6.01. The molecule has 1 fully saturated rings. The van der Waals surface area contributed by atoms with Crippen molar-refractivity contribution in [2.45, 2.75) is 38.4 Å². The Kier molecular flexibility index (Phi) is 3.90. The second-order valence-electron chi connectivity index (χ2n) is 4.85. The van der Waals surface area contributed by atoms with Crippen molar-refractivity contribution >= 4 is 21.6 Å². The van der Waals surface area contributed by atoms with Crippen LogP contribution in [0.5, 0.6) is 0 Å². The van der Waals surface area contributed by atoms with Crippen LogP contribution in [0.4, 0.5) is 18.9 Å². The van der Waals surface area contributed by atoms with Crippen molar-refractivity contribution in [2.75, 3.05) is 5.32 Å². The Hall–Kier alpha value is -0.710. The highest BCUT2D eigenvalue weighted by atomic mass is 79.9. The van der Waals surface area contributed by atoms with Crippen LogP contribution in [0.3, 0.4) is 0 Å². The van der Waals surface area contributed by atoms with Crippen LogP contribution < -0.4 is 5.32 Å². The summed E-state index contributed by atoms with van der Waals surface area (Å²) < 4.78 is 38.0. The molecule has 2 atom stereocenters. The fraction of sp³-hybridized carbons (Fsp3) is 0.538. The quantitative estimate of drug-likeness (QED) is 0.802. The number of anilines is 1. The van der Waals surface area contributed by atoms with Crippen LogP contribution in [0.15, 0.2) is 22.7 Å². The molecule has 1 aliphatic rings. The van der Waals surface area contributed by atoms with Crippen molar-refractivity contribution in [1.29, 1.82) is 0 Å². The van der Waals surface area contributed by atoms with E-state index < -0.39 is 11.7 Å². The van der Waals surface area contributed by atoms with E-state index in [9.17, 15) is 13.2 Å². The number of hydrogen-bond acceptors (Lipinski definition) is 1. The van der Waals surface area contributed by atoms with Gasteiger partial charge in [-0.3, -0.25) is 0 Å². The molecular weight excluding hydrogens is 307 g/mol. The van der Waals surface area contributed by atoms with Gasteiger partial charge >= 0.3 is 6.18 Å². The molecule has 0 aliphatic heterocycles. The van der Waals surface area contributed by atoms with Crippen LogP contribution in [-0.2, 0) is 6.18 Å². The summed E-state index contributed by atoms with van der Waals surface area (Å²) in [5, 5.41) is 3.32. The lowest BCUT2D eigenvalue weighted by Gasteiger charge is -2.20. The summed E-state index contributed by atoms with van der Waals surface area (Å²) in [7, 11) is 0. The smallest absolute Gasteiger partial charge is 0.381 e. The number of halogens is 4. The molecule has 1 saturated carbocycles. The van der Waals surface area contributed by atoms with Crippen molar-refractivity contribution in [3.05, 3.63) is 28.2 Å². The molecule has 5 heteroatoms. The number of rotatable bonds is 2. The van der Waals surface area contributed by atoms with Crippen molar-refractivity contribution in [3.8, 4) is 0 Å². The minimum Gasteiger partial charge on any atom is -0.381 e. The van der Waals surface area contributed by atoms with Gasteiger partial charge in [0.25, 0.3) is 0 Å². The van der Waals surface area contributed by atoms with Crippen molar-refractivity contribution in [2.24, 2.45) is 5.92 Å². The molecule has 0 heterocycles. The third-order valence-corrected chi connectivity index (χ3v) is 4.15. The Labute approximate surface area is 113 Å². The summed E-state index contributed by atoms with van der Waals surface area (Å²) in [6.45, 7) is 2.17. The Morgan fingerprint density at radius 2 is 2.00 bits per heavy atom. The van der Waals surface area contributed by atoms with Gasteiger partial charge in [-0.05, 0) is 52.9 Å². The average molecular weight is 322 g/mol. The molecular formula is C13H15BrF3N. The summed E-state index contributed by atoms with van der Waals surface area (Å²) >= 11 is 3.20. The predicted molar refractivity (Wildman–Crippen MR) is 69.6 cm³/mol. The maximum absolute atomic E-state index is 12.5. The third-order valence-electron chi connectivity index (χ3n) is 3.50. The molecule has 1 N–H and O–H groups in total. The highest BCUT2D eigenvalue weighted by Crippen LogP contribution is 2.35. The van der Waals surface area contributed by atoms with Gasteiger partial charge in [-0.1, -0.05) is 13.3 Å². The fourth-order valence-electron chi connectivity index (χ4n) is 2.37. The van der Waals surface area contributed by atoms with Gasteiger partial charge in [-0.2, -0.15) is 13.2 Å². The van der Waals surface area contributed by atoms with E-state index in [-0.39, 0.29) is 0 Å². The van der Waals surface area contributed by atoms with Crippen molar-refractivity contribution in [3.63, 3.8) is 0 Å². The minimum atomic E-state index is -4.29. The molecule has 18 heavy (non-hydrogen) atoms. The van der Waals surface area contributed by atoms with Crippen LogP contribution in [0.25, 0.3) is 0 Å². The Balaban J connectivity index is 2.15. The first kappa shape index (κ1) is 13.7. The van der Waals surface area contributed by atoms with E-state index in [2.05, 4.69) is 28.2 Å². The van der Waals surface area contributed by atoms with E-state index >= 15 is 0 Å². The Morgan fingerprint density at radius 3 is 2.50 bits per heavy atom. The molecule has 0 radical (unpaired) electrons. The van der Waals surface area contributed by atoms with Gasteiger partial charge in [-0.15, -0.1) is 0 Å². The van der Waals surface area contributed by atoms with Gasteiger partial charge in [0.1, 0.15) is 0 Å². The molecule has 0 spiro atoms. The fourth-order valence-corrected chi connectivity index (χ4v) is 2.86. The maximum Gasteiger partial charge on any atom is 0.416 e. The van der Waals surface area contributed by atoms with Crippen LogP contribution in [0, 0.1) is 5.92 Å². The first-order chi connectivity index (χ1) is 8.38. The van der Waals surface area contributed by atoms with E-state index in [4.69, 9.17) is 0 Å². The highest BCUT2D eigenvalue weighted by Gasteiger charge is 2.31. The predicted octanol–water partition coefficient (Wildman–Crippen LogP) is 5.07. The molecule has 0 saturated heterocycles. The summed E-state index contributed by atoms with van der Waals surface area (Å²) in [6, 6.07) is 4.10. The highest BCUT2D eigenvalue weighted by molar-refractivity contribution is 9.10. The van der Waals surface area contributed by atoms with E-state index in [0.717, 1.165) is 24.2 Å². The van der Waals surface area contributed by atoms with Crippen LogP contribution >= 0.6 is 15.9 Å². The maximum atomic E-state index is 12.5. The molecule has 1 nitrogen and oxygen atoms in total. The standard InChI is InChI=1S/C13H15BrF3N/c1-8-3-2-4-11(8)18-12-6-5-9(7-10(12)14)13(15,16)17/h5-8,11,18H,2-4H2,1H3. The summed E-state index contributed by atoms with van der Waals surface area (Å²) in [6.07, 6.45) is -0.858. The van der Waals surface area contributed by atoms with E-state index in [1.165, 1.54) is 18.9 Å². The lowest BCUT2D eigenvalue weighted by atomic mass is 10.1. The second-order valence-corrected chi connectivity index (χ2v) is 5.71. The summed E-state index contributed by atoms with van der Waals surface area (Å²) in [4.78, 5) is 0. The van der Waals surface area contributed by atoms with E-state index in [0.29, 0.717) is 16.4 Å². The third kappa shape index (κ3) is 2.99. The molecule has 1 aromatic carbocycles. The van der Waals surface area contributed by atoms with Gasteiger partial charge < -0.3 is 5.32 Å². The topological polar surface area (TPSA) is 12.0 Å². The number of benzene rings is 1. The number of alkyl halides is 3. The summed E-state index contributed by atoms with van der Waals surface area (Å²) in [5.41, 5.74) is 0.112. The monoisotopic (exact) mass is 321 g/mol. The molecule has 0 aromatic heterocycles. The van der Waals surface area contributed by atoms with Crippen molar-refractivity contribution < 1.29 is 13.2 Å². The van der Waals surface area contributed by atoms with Gasteiger partial charge in [-0.25, -0.2) is 0 Å². The second kappa shape index (κ2) is 5.11. The lowest BCUT2D eigenvalue weighted by molar-refractivity contribution is -0.137. The van der Waals surface area contributed by atoms with Crippen LogP contribution in [0.2, 0.25) is 0 Å². The molecule has 2 rings (SSSR count). The zero-order valence-corrected chi connectivity index (χ0v) is 11.6. The SMILES string of the molecule is CC1CCCC1Nc1ccc(C(F)(F)F)cc1Br. The van der Waals surface area contributed by atoms with Gasteiger partial charge in [0.15, 0.2) is 0 Å². The lowest BCUT2D eigenvalue weighted by Crippen LogP contribution is -2.22. The number of hydrogen-bond donors (Lipinski definition) is 1. The molecule has 1 aliphatic carbocycles. The van der Waals surface area contributed by atoms with Crippen LogP contribution in [0.1, 0.15) is 31.7 Å². The minimum absolute atomic E-state index is 0.359. The molecule has 100 valence electrons. The van der Waals surface area contributed by atoms with Gasteiger partial charge in [0.2, 0.25) is 0 Å². The normalized spacial score (nSPS) is 24.3.